The highest BCUT2D eigenvalue weighted by Crippen LogP contribution is 2.32. The normalized spacial score (nSPS) is 11.0. The molecule has 2 aromatic heterocycles. The van der Waals surface area contributed by atoms with Gasteiger partial charge in [-0.2, -0.15) is 4.57 Å². The monoisotopic (exact) mass is 533 g/mol. The van der Waals surface area contributed by atoms with E-state index in [0.29, 0.717) is 40.1 Å². The van der Waals surface area contributed by atoms with Crippen LogP contribution in [0.5, 0.6) is 11.5 Å². The number of ether oxygens (including phenoxy) is 2. The Kier molecular flexibility index (Phi) is 7.03. The van der Waals surface area contributed by atoms with Crippen molar-refractivity contribution in [3.63, 3.8) is 0 Å². The molecule has 0 unspecified atom stereocenters. The quantitative estimate of drug-likeness (QED) is 0.274. The van der Waals surface area contributed by atoms with Crippen LogP contribution in [-0.4, -0.2) is 31.9 Å². The molecule has 0 aliphatic rings. The zero-order valence-electron chi connectivity index (χ0n) is 20.4. The van der Waals surface area contributed by atoms with E-state index < -0.39 is 0 Å². The molecule has 5 rings (SSSR count). The molecule has 2 heterocycles. The van der Waals surface area contributed by atoms with Gasteiger partial charge in [0.1, 0.15) is 12.3 Å². The van der Waals surface area contributed by atoms with Crippen molar-refractivity contribution in [2.75, 3.05) is 37.9 Å². The van der Waals surface area contributed by atoms with Crippen LogP contribution in [-0.2, 0) is 0 Å². The Hall–Kier alpha value is -4.01. The lowest BCUT2D eigenvalue weighted by atomic mass is 10.2. The van der Waals surface area contributed by atoms with Gasteiger partial charge in [-0.15, -0.1) is 11.3 Å². The van der Waals surface area contributed by atoms with Crippen LogP contribution < -0.4 is 30.7 Å². The second kappa shape index (κ2) is 10.5. The summed E-state index contributed by atoms with van der Waals surface area (Å²) in [6.45, 7) is 1.13. The third-order valence-electron chi connectivity index (χ3n) is 6.07. The fourth-order valence-electron chi connectivity index (χ4n) is 3.98. The summed E-state index contributed by atoms with van der Waals surface area (Å²) in [5.41, 5.74) is 9.92. The number of aromatic amines is 1. The first-order valence-corrected chi connectivity index (χ1v) is 12.8. The molecule has 0 bridgehead atoms. The van der Waals surface area contributed by atoms with Crippen LogP contribution in [0, 0.1) is 0 Å². The predicted octanol–water partition coefficient (Wildman–Crippen LogP) is 5.29. The largest absolute Gasteiger partial charge is 0.493 e. The maximum absolute atomic E-state index is 13.4. The minimum absolute atomic E-state index is 0.111. The number of nitrogen functional groups attached to an aromatic ring is 1. The van der Waals surface area contributed by atoms with E-state index in [0.717, 1.165) is 27.3 Å². The summed E-state index contributed by atoms with van der Waals surface area (Å²) in [7, 11) is 3.58. The summed E-state index contributed by atoms with van der Waals surface area (Å²) in [5.74, 6) is 1.16. The first-order valence-electron chi connectivity index (χ1n) is 11.6. The van der Waals surface area contributed by atoms with Gasteiger partial charge in [0.15, 0.2) is 21.7 Å². The van der Waals surface area contributed by atoms with Gasteiger partial charge in [-0.25, -0.2) is 9.78 Å². The number of rotatable bonds is 8. The number of nitrogens with zero attached hydrogens (tertiary/aromatic N) is 2. The van der Waals surface area contributed by atoms with Gasteiger partial charge >= 0.3 is 5.56 Å². The molecule has 188 valence electrons. The highest BCUT2D eigenvalue weighted by atomic mass is 35.5. The Morgan fingerprint density at radius 2 is 1.78 bits per heavy atom. The van der Waals surface area contributed by atoms with E-state index in [1.807, 2.05) is 73.8 Å². The van der Waals surface area contributed by atoms with Crippen LogP contribution in [0.2, 0.25) is 5.02 Å². The number of nitrogens with one attached hydrogen (secondary N) is 1. The Morgan fingerprint density at radius 3 is 2.51 bits per heavy atom. The molecule has 0 aliphatic heterocycles. The summed E-state index contributed by atoms with van der Waals surface area (Å²) < 4.78 is 13.8. The van der Waals surface area contributed by atoms with Crippen LogP contribution in [0.3, 0.4) is 0 Å². The maximum atomic E-state index is 13.4. The predicted molar refractivity (Wildman–Crippen MR) is 151 cm³/mol. The number of nitrogens with two attached hydrogens (primary N) is 1. The van der Waals surface area contributed by atoms with Crippen molar-refractivity contribution in [1.82, 2.24) is 4.57 Å². The molecule has 0 saturated heterocycles. The van der Waals surface area contributed by atoms with Gasteiger partial charge in [-0.1, -0.05) is 23.7 Å². The number of hydrogen-bond acceptors (Lipinski definition) is 6. The number of methoxy groups -OCH3 is 1. The molecule has 9 heteroatoms. The number of fused-ring (bicyclic) bond motifs is 1. The minimum atomic E-state index is -0.111. The van der Waals surface area contributed by atoms with Gasteiger partial charge in [0, 0.05) is 40.5 Å². The van der Waals surface area contributed by atoms with E-state index in [-0.39, 0.29) is 5.56 Å². The molecule has 5 aromatic rings. The van der Waals surface area contributed by atoms with E-state index >= 15 is 0 Å². The molecule has 3 aromatic carbocycles. The molecule has 0 atom stereocenters. The molecule has 0 aliphatic carbocycles. The van der Waals surface area contributed by atoms with Gasteiger partial charge < -0.3 is 20.1 Å². The zero-order valence-corrected chi connectivity index (χ0v) is 22.0. The van der Waals surface area contributed by atoms with Crippen LogP contribution >= 0.6 is 22.9 Å². The smallest absolute Gasteiger partial charge is 0.360 e. The van der Waals surface area contributed by atoms with Gasteiger partial charge in [-0.3, -0.25) is 0 Å². The number of likely N-dealkylation sites (N-methyl/N-ethyl adjacent to an activating group) is 1. The lowest BCUT2D eigenvalue weighted by Gasteiger charge is -2.20. The molecule has 3 N–H and O–H groups in total. The highest BCUT2D eigenvalue weighted by molar-refractivity contribution is 7.22. The van der Waals surface area contributed by atoms with Crippen molar-refractivity contribution >= 4 is 44.5 Å². The summed E-state index contributed by atoms with van der Waals surface area (Å²) in [4.78, 5) is 19.7. The number of H-pyrrole nitrogens is 1. The van der Waals surface area contributed by atoms with Crippen LogP contribution in [0.15, 0.2) is 83.9 Å². The number of thiophene rings is 1. The third-order valence-corrected chi connectivity index (χ3v) is 7.49. The minimum Gasteiger partial charge on any atom is -0.493 e. The number of benzene rings is 3. The number of anilines is 2. The van der Waals surface area contributed by atoms with Crippen molar-refractivity contribution in [1.29, 1.82) is 0 Å². The van der Waals surface area contributed by atoms with E-state index in [4.69, 9.17) is 26.8 Å². The van der Waals surface area contributed by atoms with Crippen molar-refractivity contribution in [2.24, 2.45) is 0 Å². The first kappa shape index (κ1) is 24.7. The molecule has 0 saturated carbocycles. The van der Waals surface area contributed by atoms with Crippen molar-refractivity contribution < 1.29 is 14.5 Å². The van der Waals surface area contributed by atoms with Crippen molar-refractivity contribution in [2.45, 2.75) is 0 Å². The summed E-state index contributed by atoms with van der Waals surface area (Å²) >= 11 is 7.46. The molecule has 37 heavy (non-hydrogen) atoms. The standard InChI is InChI=1S/C28H25ClN4O3S/c1-32(21-9-7-20(30)8-10-21)13-14-36-24-12-11-22(15-25(24)35-2)33-17-31-23-16-26(37-27(23)28(33)34)18-3-5-19(29)6-4-18/h3-12,15-17H,13-14,30H2,1-2H3/p+1. The topological polar surface area (TPSA) is 83.9 Å². The lowest BCUT2D eigenvalue weighted by Crippen LogP contribution is -2.24. The Labute approximate surface area is 223 Å². The average molecular weight is 534 g/mol. The Balaban J connectivity index is 1.35. The molecule has 0 radical (unpaired) electrons. The summed E-state index contributed by atoms with van der Waals surface area (Å²) in [6.07, 6.45) is 1.67. The maximum Gasteiger partial charge on any atom is 0.360 e. The Morgan fingerprint density at radius 1 is 1.03 bits per heavy atom. The fourth-order valence-corrected chi connectivity index (χ4v) is 5.17. The van der Waals surface area contributed by atoms with E-state index in [9.17, 15) is 4.79 Å². The summed E-state index contributed by atoms with van der Waals surface area (Å²) in [5, 5.41) is 0.675. The average Bonchev–Trinajstić information content (AvgIpc) is 3.35. The van der Waals surface area contributed by atoms with Gasteiger partial charge in [-0.05, 0) is 54.1 Å². The summed E-state index contributed by atoms with van der Waals surface area (Å²) in [6, 6.07) is 22.7. The van der Waals surface area contributed by atoms with Crippen molar-refractivity contribution in [3.8, 4) is 27.6 Å². The second-order valence-corrected chi connectivity index (χ2v) is 9.99. The number of aromatic nitrogens is 2. The zero-order chi connectivity index (χ0) is 25.9. The highest BCUT2D eigenvalue weighted by Gasteiger charge is 2.18. The molecule has 7 nitrogen and oxygen atoms in total. The number of hydrogen-bond donors (Lipinski definition) is 1. The second-order valence-electron chi connectivity index (χ2n) is 8.51. The van der Waals surface area contributed by atoms with Crippen LogP contribution in [0.1, 0.15) is 0 Å². The van der Waals surface area contributed by atoms with E-state index in [1.165, 1.54) is 11.3 Å². The van der Waals surface area contributed by atoms with Gasteiger partial charge in [0.2, 0.25) is 6.33 Å². The molecule has 0 fully saturated rings. The molecular weight excluding hydrogens is 508 g/mol. The fraction of sp³-hybridized carbons (Fsp3) is 0.143. The molecule has 0 amide bonds. The molecule has 0 spiro atoms. The van der Waals surface area contributed by atoms with Gasteiger partial charge in [0.05, 0.1) is 13.7 Å². The third kappa shape index (κ3) is 5.26. The van der Waals surface area contributed by atoms with Crippen molar-refractivity contribution in [3.05, 3.63) is 94.5 Å². The molecular formula is C28H26ClN4O3S+. The van der Waals surface area contributed by atoms with Gasteiger partial charge in [0.25, 0.3) is 0 Å². The van der Waals surface area contributed by atoms with E-state index in [1.54, 1.807) is 24.1 Å². The lowest BCUT2D eigenvalue weighted by molar-refractivity contribution is -0.351. The van der Waals surface area contributed by atoms with Crippen LogP contribution in [0.25, 0.3) is 26.3 Å². The SMILES string of the molecule is COc1cc(-n2c[nH+]c3cc(-c4ccc(Cl)cc4)sc3c2=O)ccc1OCCN(C)c1ccc(N)cc1. The number of halogens is 1. The first-order chi connectivity index (χ1) is 17.9. The van der Waals surface area contributed by atoms with E-state index in [2.05, 4.69) is 9.88 Å². The Bertz CT molecular complexity index is 1600. The van der Waals surface area contributed by atoms with Crippen LogP contribution in [0.4, 0.5) is 11.4 Å².